The Bertz CT molecular complexity index is 621. The normalized spacial score (nSPS) is 16.6. The van der Waals surface area contributed by atoms with Gasteiger partial charge in [-0.05, 0) is 60.8 Å². The van der Waals surface area contributed by atoms with Crippen LogP contribution in [0.2, 0.25) is 0 Å². The van der Waals surface area contributed by atoms with Crippen molar-refractivity contribution in [3.63, 3.8) is 0 Å². The average molecular weight is 622 g/mol. The van der Waals surface area contributed by atoms with Crippen LogP contribution in [0.5, 0.6) is 0 Å². The fourth-order valence-corrected chi connectivity index (χ4v) is 5.75. The highest BCUT2D eigenvalue weighted by Gasteiger charge is 2.70. The van der Waals surface area contributed by atoms with Crippen molar-refractivity contribution in [1.82, 2.24) is 0 Å². The fraction of sp³-hybridized carbons (Fsp3) is 1.00. The van der Waals surface area contributed by atoms with E-state index in [0.29, 0.717) is 32.5 Å². The predicted octanol–water partition coefficient (Wildman–Crippen LogP) is 7.19. The summed E-state index contributed by atoms with van der Waals surface area (Å²) in [5, 5.41) is 19.3. The molecule has 0 spiro atoms. The van der Waals surface area contributed by atoms with Gasteiger partial charge in [-0.1, -0.05) is 84.0 Å². The molecule has 4 unspecified atom stereocenters. The predicted molar refractivity (Wildman–Crippen MR) is 174 cm³/mol. The maximum atomic E-state index is 9.73. The molecule has 9 nitrogen and oxygen atoms in total. The second kappa shape index (κ2) is 25.8. The first-order chi connectivity index (χ1) is 20.7. The Balaban J connectivity index is 5.92. The van der Waals surface area contributed by atoms with E-state index in [1.165, 1.54) is 64.2 Å². The Hall–Kier alpha value is -0.360. The van der Waals surface area contributed by atoms with Crippen molar-refractivity contribution in [2.45, 2.75) is 181 Å². The van der Waals surface area contributed by atoms with Crippen LogP contribution in [0.1, 0.15) is 151 Å². The van der Waals surface area contributed by atoms with Gasteiger partial charge in [-0.3, -0.25) is 5.73 Å². The summed E-state index contributed by atoms with van der Waals surface area (Å²) in [6, 6.07) is 0. The summed E-state index contributed by atoms with van der Waals surface area (Å²) in [5.41, 5.74) is 7.04. The molecule has 0 saturated heterocycles. The van der Waals surface area contributed by atoms with Crippen LogP contribution in [0.4, 0.5) is 0 Å². The van der Waals surface area contributed by atoms with Crippen LogP contribution >= 0.6 is 0 Å². The summed E-state index contributed by atoms with van der Waals surface area (Å²) in [5.74, 6) is -5.25. The second-order valence-electron chi connectivity index (χ2n) is 11.6. The molecule has 0 aromatic heterocycles. The molecule has 43 heavy (non-hydrogen) atoms. The molecule has 0 heterocycles. The van der Waals surface area contributed by atoms with E-state index in [1.807, 2.05) is 41.5 Å². The minimum atomic E-state index is -1.95. The summed E-state index contributed by atoms with van der Waals surface area (Å²) in [6.07, 6.45) is 16.3. The Morgan fingerprint density at radius 1 is 0.535 bits per heavy atom. The van der Waals surface area contributed by atoms with E-state index in [4.69, 9.17) is 34.2 Å². The van der Waals surface area contributed by atoms with Crippen LogP contribution in [-0.4, -0.2) is 79.5 Å². The number of aliphatic hydroxyl groups is 2. The molecule has 0 fully saturated rings. The number of hydrogen-bond donors (Lipinski definition) is 3. The summed E-state index contributed by atoms with van der Waals surface area (Å²) in [7, 11) is 0. The summed E-state index contributed by atoms with van der Waals surface area (Å²) < 4.78 is 38.7. The monoisotopic (exact) mass is 622 g/mol. The summed E-state index contributed by atoms with van der Waals surface area (Å²) >= 11 is 0. The average Bonchev–Trinajstić information content (AvgIpc) is 2.95. The van der Waals surface area contributed by atoms with Crippen molar-refractivity contribution in [2.75, 3.05) is 39.6 Å². The van der Waals surface area contributed by atoms with Crippen LogP contribution in [-0.2, 0) is 28.4 Å². The number of aliphatic hydroxyl groups excluding tert-OH is 2. The Morgan fingerprint density at radius 3 is 1.33 bits per heavy atom. The van der Waals surface area contributed by atoms with Crippen LogP contribution < -0.4 is 5.73 Å². The van der Waals surface area contributed by atoms with Gasteiger partial charge >= 0.3 is 0 Å². The molecule has 9 heteroatoms. The molecule has 0 aromatic carbocycles. The minimum absolute atomic E-state index is 0.0756. The third-order valence-electron chi connectivity index (χ3n) is 7.85. The number of hydrogen-bond acceptors (Lipinski definition) is 9. The first kappa shape index (κ1) is 42.6. The number of ether oxygens (including phenoxy) is 6. The SMILES string of the molecule is CCCCCCCCCCCCCCCC(OCC)(OCC)C(OCC)(OC(C)CCO)C(N)(OCC)OC(C)CCO. The lowest BCUT2D eigenvalue weighted by Gasteiger charge is -2.55. The van der Waals surface area contributed by atoms with E-state index in [1.54, 1.807) is 0 Å². The molecule has 0 aliphatic carbocycles. The van der Waals surface area contributed by atoms with E-state index in [9.17, 15) is 10.2 Å². The number of unbranched alkanes of at least 4 members (excludes halogenated alkanes) is 12. The van der Waals surface area contributed by atoms with E-state index < -0.39 is 29.7 Å². The molecular weight excluding hydrogens is 550 g/mol. The number of nitrogens with two attached hydrogens (primary N) is 1. The van der Waals surface area contributed by atoms with E-state index in [0.717, 1.165) is 19.3 Å². The van der Waals surface area contributed by atoms with E-state index >= 15 is 0 Å². The molecule has 0 amide bonds. The number of rotatable bonds is 32. The van der Waals surface area contributed by atoms with Gasteiger partial charge in [0.05, 0.1) is 12.2 Å². The molecule has 0 rings (SSSR count). The molecule has 0 aromatic rings. The van der Waals surface area contributed by atoms with Crippen LogP contribution in [0.25, 0.3) is 0 Å². The smallest absolute Gasteiger partial charge is 0.295 e. The molecule has 0 aliphatic rings. The Labute approximate surface area is 264 Å². The molecule has 0 aliphatic heterocycles. The zero-order valence-corrected chi connectivity index (χ0v) is 29.1. The van der Waals surface area contributed by atoms with Crippen molar-refractivity contribution in [3.8, 4) is 0 Å². The van der Waals surface area contributed by atoms with Gasteiger partial charge in [0.1, 0.15) is 0 Å². The topological polar surface area (TPSA) is 122 Å². The standard InChI is InChI=1S/C34H71NO8/c1-8-13-14-15-16-17-18-19-20-21-22-23-24-27-32(38-9-2,39-10-3)33(40-11-4,42-30(6)25-28-36)34(35,41-12-5)43-31(7)26-29-37/h30-31,36-37H,8-29,35H2,1-7H3. The maximum absolute atomic E-state index is 9.73. The zero-order valence-electron chi connectivity index (χ0n) is 29.1. The van der Waals surface area contributed by atoms with Gasteiger partial charge in [-0.2, -0.15) is 0 Å². The van der Waals surface area contributed by atoms with Crippen molar-refractivity contribution < 1.29 is 38.6 Å². The Kier molecular flexibility index (Phi) is 25.6. The highest BCUT2D eigenvalue weighted by atomic mass is 16.8. The summed E-state index contributed by atoms with van der Waals surface area (Å²) in [4.78, 5) is 0. The van der Waals surface area contributed by atoms with Crippen LogP contribution in [0.3, 0.4) is 0 Å². The van der Waals surface area contributed by atoms with Crippen molar-refractivity contribution in [3.05, 3.63) is 0 Å². The van der Waals surface area contributed by atoms with E-state index in [2.05, 4.69) is 6.92 Å². The summed E-state index contributed by atoms with van der Waals surface area (Å²) in [6.45, 7) is 14.3. The van der Waals surface area contributed by atoms with Gasteiger partial charge in [-0.25, -0.2) is 0 Å². The van der Waals surface area contributed by atoms with Crippen molar-refractivity contribution in [1.29, 1.82) is 0 Å². The van der Waals surface area contributed by atoms with Gasteiger partial charge < -0.3 is 38.6 Å². The van der Waals surface area contributed by atoms with Gasteiger partial charge in [0.25, 0.3) is 11.7 Å². The first-order valence-electron chi connectivity index (χ1n) is 17.6. The van der Waals surface area contributed by atoms with Gasteiger partial charge in [-0.15, -0.1) is 0 Å². The quantitative estimate of drug-likeness (QED) is 0.0529. The molecule has 0 saturated carbocycles. The molecule has 260 valence electrons. The molecule has 0 radical (unpaired) electrons. The lowest BCUT2D eigenvalue weighted by Crippen LogP contribution is -2.78. The van der Waals surface area contributed by atoms with Gasteiger partial charge in [0, 0.05) is 46.1 Å². The second-order valence-corrected chi connectivity index (χ2v) is 11.6. The van der Waals surface area contributed by atoms with Crippen molar-refractivity contribution >= 4 is 0 Å². The zero-order chi connectivity index (χ0) is 32.5. The minimum Gasteiger partial charge on any atom is -0.396 e. The Morgan fingerprint density at radius 2 is 0.930 bits per heavy atom. The third-order valence-corrected chi connectivity index (χ3v) is 7.85. The molecule has 4 atom stereocenters. The fourth-order valence-electron chi connectivity index (χ4n) is 5.75. The third kappa shape index (κ3) is 15.2. The van der Waals surface area contributed by atoms with Crippen LogP contribution in [0.15, 0.2) is 0 Å². The first-order valence-corrected chi connectivity index (χ1v) is 17.6. The van der Waals surface area contributed by atoms with Crippen LogP contribution in [0, 0.1) is 0 Å². The lowest BCUT2D eigenvalue weighted by molar-refractivity contribution is -0.505. The van der Waals surface area contributed by atoms with Gasteiger partial charge in [0.15, 0.2) is 0 Å². The largest absolute Gasteiger partial charge is 0.396 e. The lowest BCUT2D eigenvalue weighted by atomic mass is 9.92. The van der Waals surface area contributed by atoms with E-state index in [-0.39, 0.29) is 26.4 Å². The molecular formula is C34H71NO8. The van der Waals surface area contributed by atoms with Crippen molar-refractivity contribution in [2.24, 2.45) is 5.73 Å². The highest BCUT2D eigenvalue weighted by molar-refractivity contribution is 5.00. The maximum Gasteiger partial charge on any atom is 0.295 e. The molecule has 0 bridgehead atoms. The molecule has 4 N–H and O–H groups in total. The highest BCUT2D eigenvalue weighted by Crippen LogP contribution is 2.46. The van der Waals surface area contributed by atoms with Gasteiger partial charge in [0.2, 0.25) is 5.79 Å².